The minimum Gasteiger partial charge on any atom is -0.389 e. The summed E-state index contributed by atoms with van der Waals surface area (Å²) in [5.74, 6) is 0. The summed E-state index contributed by atoms with van der Waals surface area (Å²) < 4.78 is 0. The van der Waals surface area contributed by atoms with Crippen molar-refractivity contribution >= 4 is 0 Å². The lowest BCUT2D eigenvalue weighted by Gasteiger charge is -2.04. The van der Waals surface area contributed by atoms with Crippen LogP contribution in [-0.2, 0) is 0 Å². The van der Waals surface area contributed by atoms with Crippen molar-refractivity contribution < 1.29 is 5.11 Å². The molecule has 0 spiro atoms. The molecule has 0 heterocycles. The first-order valence-electron chi connectivity index (χ1n) is 7.66. The van der Waals surface area contributed by atoms with E-state index in [0.717, 1.165) is 19.3 Å². The second kappa shape index (κ2) is 13.8. The zero-order chi connectivity index (χ0) is 12.8. The second-order valence-corrected chi connectivity index (χ2v) is 5.05. The van der Waals surface area contributed by atoms with Gasteiger partial charge in [-0.25, -0.2) is 0 Å². The number of aliphatic hydroxyl groups excluding tert-OH is 1. The molecule has 0 amide bonds. The van der Waals surface area contributed by atoms with Crippen molar-refractivity contribution in [3.63, 3.8) is 0 Å². The van der Waals surface area contributed by atoms with Crippen LogP contribution in [-0.4, -0.2) is 11.2 Å². The predicted molar refractivity (Wildman–Crippen MR) is 77.3 cm³/mol. The van der Waals surface area contributed by atoms with Gasteiger partial charge in [-0.1, -0.05) is 77.4 Å². The molecule has 0 fully saturated rings. The summed E-state index contributed by atoms with van der Waals surface area (Å²) >= 11 is 0. The van der Waals surface area contributed by atoms with Crippen LogP contribution < -0.4 is 0 Å². The van der Waals surface area contributed by atoms with E-state index >= 15 is 0 Å². The highest BCUT2D eigenvalue weighted by molar-refractivity contribution is 4.88. The molecule has 0 rings (SSSR count). The van der Waals surface area contributed by atoms with Gasteiger partial charge in [-0.15, -0.1) is 0 Å². The van der Waals surface area contributed by atoms with Crippen LogP contribution in [0.1, 0.15) is 84.5 Å². The maximum absolute atomic E-state index is 9.70. The highest BCUT2D eigenvalue weighted by Gasteiger charge is 1.97. The maximum atomic E-state index is 9.70. The van der Waals surface area contributed by atoms with Gasteiger partial charge in [0.1, 0.15) is 0 Å². The van der Waals surface area contributed by atoms with Gasteiger partial charge in [-0.3, -0.25) is 0 Å². The molecule has 0 aromatic carbocycles. The summed E-state index contributed by atoms with van der Waals surface area (Å²) in [6.45, 7) is 4.46. The van der Waals surface area contributed by atoms with Gasteiger partial charge in [0, 0.05) is 0 Å². The van der Waals surface area contributed by atoms with E-state index in [1.165, 1.54) is 51.4 Å². The van der Waals surface area contributed by atoms with Crippen LogP contribution in [0.15, 0.2) is 12.2 Å². The van der Waals surface area contributed by atoms with Gasteiger partial charge < -0.3 is 5.11 Å². The van der Waals surface area contributed by atoms with Crippen LogP contribution in [0.25, 0.3) is 0 Å². The number of unbranched alkanes of at least 4 members (excludes halogenated alkanes) is 8. The number of allylic oxidation sites excluding steroid dienone is 1. The molecule has 1 nitrogen and oxygen atoms in total. The number of aliphatic hydroxyl groups is 1. The van der Waals surface area contributed by atoms with Crippen molar-refractivity contribution in [2.45, 2.75) is 90.6 Å². The third kappa shape index (κ3) is 13.6. The van der Waals surface area contributed by atoms with E-state index in [2.05, 4.69) is 19.9 Å². The fourth-order valence-corrected chi connectivity index (χ4v) is 2.00. The zero-order valence-electron chi connectivity index (χ0n) is 12.0. The molecule has 17 heavy (non-hydrogen) atoms. The molecule has 0 radical (unpaired) electrons. The summed E-state index contributed by atoms with van der Waals surface area (Å²) in [6.07, 6.45) is 17.7. The Morgan fingerprint density at radius 1 is 0.824 bits per heavy atom. The SMILES string of the molecule is CCCCCCC/C=C/C(O)CCCCCC. The quantitative estimate of drug-likeness (QED) is 0.365. The Morgan fingerprint density at radius 3 is 2.06 bits per heavy atom. The number of hydrogen-bond donors (Lipinski definition) is 1. The van der Waals surface area contributed by atoms with Crippen molar-refractivity contribution in [1.82, 2.24) is 0 Å². The molecule has 1 unspecified atom stereocenters. The zero-order valence-corrected chi connectivity index (χ0v) is 12.0. The van der Waals surface area contributed by atoms with Crippen LogP contribution in [0.2, 0.25) is 0 Å². The van der Waals surface area contributed by atoms with E-state index in [-0.39, 0.29) is 6.10 Å². The van der Waals surface area contributed by atoms with E-state index in [0.29, 0.717) is 0 Å². The lowest BCUT2D eigenvalue weighted by Crippen LogP contribution is -2.01. The maximum Gasteiger partial charge on any atom is 0.0720 e. The van der Waals surface area contributed by atoms with E-state index < -0.39 is 0 Å². The molecule has 1 heteroatoms. The fourth-order valence-electron chi connectivity index (χ4n) is 2.00. The van der Waals surface area contributed by atoms with E-state index in [1.807, 2.05) is 6.08 Å². The first kappa shape index (κ1) is 16.7. The minimum atomic E-state index is -0.206. The molecule has 0 aliphatic heterocycles. The molecule has 0 aliphatic rings. The first-order chi connectivity index (χ1) is 8.31. The molecule has 0 aromatic heterocycles. The Bertz CT molecular complexity index is 163. The molecular formula is C16H32O. The Balaban J connectivity index is 3.25. The van der Waals surface area contributed by atoms with Crippen molar-refractivity contribution in [3.8, 4) is 0 Å². The third-order valence-corrected chi connectivity index (χ3v) is 3.19. The average molecular weight is 240 g/mol. The first-order valence-corrected chi connectivity index (χ1v) is 7.66. The van der Waals surface area contributed by atoms with E-state index in [1.54, 1.807) is 0 Å². The number of hydrogen-bond acceptors (Lipinski definition) is 1. The average Bonchev–Trinajstić information content (AvgIpc) is 2.33. The highest BCUT2D eigenvalue weighted by atomic mass is 16.3. The van der Waals surface area contributed by atoms with E-state index in [4.69, 9.17) is 0 Å². The van der Waals surface area contributed by atoms with Crippen LogP contribution in [0, 0.1) is 0 Å². The van der Waals surface area contributed by atoms with Crippen LogP contribution >= 0.6 is 0 Å². The second-order valence-electron chi connectivity index (χ2n) is 5.05. The lowest BCUT2D eigenvalue weighted by atomic mass is 10.1. The van der Waals surface area contributed by atoms with Crippen LogP contribution in [0.4, 0.5) is 0 Å². The molecule has 1 atom stereocenters. The van der Waals surface area contributed by atoms with Crippen molar-refractivity contribution in [1.29, 1.82) is 0 Å². The molecule has 0 aromatic rings. The molecule has 1 N–H and O–H groups in total. The Morgan fingerprint density at radius 2 is 1.41 bits per heavy atom. The smallest absolute Gasteiger partial charge is 0.0720 e. The standard InChI is InChI=1S/C16H32O/c1-3-5-7-9-10-11-13-15-16(17)14-12-8-6-4-2/h13,15-17H,3-12,14H2,1-2H3/b15-13+. The molecule has 0 aliphatic carbocycles. The Labute approximate surface area is 108 Å². The summed E-state index contributed by atoms with van der Waals surface area (Å²) in [4.78, 5) is 0. The van der Waals surface area contributed by atoms with Gasteiger partial charge in [0.05, 0.1) is 6.10 Å². The Hall–Kier alpha value is -0.300. The van der Waals surface area contributed by atoms with Crippen molar-refractivity contribution in [2.24, 2.45) is 0 Å². The van der Waals surface area contributed by atoms with Gasteiger partial charge in [-0.2, -0.15) is 0 Å². The van der Waals surface area contributed by atoms with E-state index in [9.17, 15) is 5.11 Å². The summed E-state index contributed by atoms with van der Waals surface area (Å²) in [7, 11) is 0. The van der Waals surface area contributed by atoms with Gasteiger partial charge in [0.25, 0.3) is 0 Å². The summed E-state index contributed by atoms with van der Waals surface area (Å²) in [5.41, 5.74) is 0. The molecule has 0 saturated heterocycles. The topological polar surface area (TPSA) is 20.2 Å². The van der Waals surface area contributed by atoms with Gasteiger partial charge in [-0.05, 0) is 19.3 Å². The normalized spacial score (nSPS) is 13.4. The highest BCUT2D eigenvalue weighted by Crippen LogP contribution is 2.08. The van der Waals surface area contributed by atoms with Gasteiger partial charge >= 0.3 is 0 Å². The van der Waals surface area contributed by atoms with Crippen molar-refractivity contribution in [2.75, 3.05) is 0 Å². The summed E-state index contributed by atoms with van der Waals surface area (Å²) in [6, 6.07) is 0. The fraction of sp³-hybridized carbons (Fsp3) is 0.875. The predicted octanol–water partition coefficient (Wildman–Crippen LogP) is 5.23. The molecule has 0 saturated carbocycles. The monoisotopic (exact) mass is 240 g/mol. The lowest BCUT2D eigenvalue weighted by molar-refractivity contribution is 0.207. The van der Waals surface area contributed by atoms with Gasteiger partial charge in [0.15, 0.2) is 0 Å². The summed E-state index contributed by atoms with van der Waals surface area (Å²) in [5, 5.41) is 9.70. The van der Waals surface area contributed by atoms with Crippen molar-refractivity contribution in [3.05, 3.63) is 12.2 Å². The molecule has 0 bridgehead atoms. The Kier molecular flexibility index (Phi) is 13.5. The molecule has 102 valence electrons. The third-order valence-electron chi connectivity index (χ3n) is 3.19. The van der Waals surface area contributed by atoms with Crippen LogP contribution in [0.3, 0.4) is 0 Å². The minimum absolute atomic E-state index is 0.206. The number of rotatable bonds is 12. The largest absolute Gasteiger partial charge is 0.389 e. The van der Waals surface area contributed by atoms with Gasteiger partial charge in [0.2, 0.25) is 0 Å². The van der Waals surface area contributed by atoms with Crippen LogP contribution in [0.5, 0.6) is 0 Å². The molecular weight excluding hydrogens is 208 g/mol.